The summed E-state index contributed by atoms with van der Waals surface area (Å²) < 4.78 is 21.5. The van der Waals surface area contributed by atoms with E-state index in [2.05, 4.69) is 0 Å². The molecule has 2 heterocycles. The van der Waals surface area contributed by atoms with Crippen LogP contribution in [0, 0.1) is 11.8 Å². The van der Waals surface area contributed by atoms with Crippen LogP contribution in [0.4, 0.5) is 0 Å². The van der Waals surface area contributed by atoms with E-state index >= 15 is 0 Å². The molecule has 168 valence electrons. The molecule has 0 bridgehead atoms. The molecule has 1 saturated heterocycles. The minimum atomic E-state index is -1.71. The molecule has 0 saturated carbocycles. The number of carboxylic acid groups (broad SMARTS) is 1. The largest absolute Gasteiger partial charge is 0.478 e. The quantitative estimate of drug-likeness (QED) is 0.187. The Kier molecular flexibility index (Phi) is 6.77. The van der Waals surface area contributed by atoms with Gasteiger partial charge in [-0.05, 0) is 11.6 Å². The first-order chi connectivity index (χ1) is 14.2. The standard InChI is InChI=1S/C18H24O12/c1-6(21)28-9-2-7(3-19)11-12(9)8(16(25)26)5-27-17(11)30-18-15(24)14(23)13(22)10(4-20)29-18/h2,5,9-15,17-20,22-24H,3-4H2,1H3,(H,25,26)/t9-,10-,11-,12+,13-,14+,15-,17+,18+/m1/s1. The Morgan fingerprint density at radius 2 is 1.77 bits per heavy atom. The summed E-state index contributed by atoms with van der Waals surface area (Å²) in [4.78, 5) is 23.1. The molecule has 9 atom stereocenters. The average Bonchev–Trinajstić information content (AvgIpc) is 3.06. The molecule has 0 aromatic heterocycles. The van der Waals surface area contributed by atoms with Crippen LogP contribution < -0.4 is 0 Å². The first-order valence-corrected chi connectivity index (χ1v) is 9.23. The fourth-order valence-corrected chi connectivity index (χ4v) is 3.96. The van der Waals surface area contributed by atoms with Gasteiger partial charge in [0.25, 0.3) is 0 Å². The number of ether oxygens (including phenoxy) is 4. The first kappa shape index (κ1) is 22.6. The van der Waals surface area contributed by atoms with E-state index in [-0.39, 0.29) is 11.1 Å². The summed E-state index contributed by atoms with van der Waals surface area (Å²) >= 11 is 0. The van der Waals surface area contributed by atoms with Gasteiger partial charge < -0.3 is 49.6 Å². The lowest BCUT2D eigenvalue weighted by atomic mass is 9.82. The topological polar surface area (TPSA) is 192 Å². The average molecular weight is 432 g/mol. The van der Waals surface area contributed by atoms with Crippen LogP contribution >= 0.6 is 0 Å². The van der Waals surface area contributed by atoms with Crippen LogP contribution in [0.5, 0.6) is 0 Å². The molecule has 2 aliphatic heterocycles. The number of aliphatic hydroxyl groups is 5. The van der Waals surface area contributed by atoms with E-state index in [4.69, 9.17) is 18.9 Å². The molecular weight excluding hydrogens is 408 g/mol. The zero-order chi connectivity index (χ0) is 22.2. The van der Waals surface area contributed by atoms with Gasteiger partial charge in [0.1, 0.15) is 30.5 Å². The maximum Gasteiger partial charge on any atom is 0.335 e. The summed E-state index contributed by atoms with van der Waals surface area (Å²) in [5.74, 6) is -3.84. The molecule has 3 aliphatic rings. The summed E-state index contributed by atoms with van der Waals surface area (Å²) in [6.07, 6.45) is -7.70. The highest BCUT2D eigenvalue weighted by molar-refractivity contribution is 5.87. The van der Waals surface area contributed by atoms with E-state index < -0.39 is 80.1 Å². The maximum atomic E-state index is 11.7. The molecule has 0 aromatic rings. The number of carbonyl (C=O) groups excluding carboxylic acids is 1. The molecule has 30 heavy (non-hydrogen) atoms. The van der Waals surface area contributed by atoms with Gasteiger partial charge in [-0.25, -0.2) is 4.79 Å². The summed E-state index contributed by atoms with van der Waals surface area (Å²) in [6.45, 7) is -0.0172. The van der Waals surface area contributed by atoms with Crippen molar-refractivity contribution in [2.45, 2.75) is 50.0 Å². The van der Waals surface area contributed by atoms with E-state index in [0.29, 0.717) is 0 Å². The van der Waals surface area contributed by atoms with Crippen LogP contribution in [0.15, 0.2) is 23.5 Å². The van der Waals surface area contributed by atoms with Crippen LogP contribution in [-0.4, -0.2) is 98.9 Å². The Hall–Kier alpha value is -2.06. The lowest BCUT2D eigenvalue weighted by Gasteiger charge is -2.43. The molecule has 0 spiro atoms. The van der Waals surface area contributed by atoms with Gasteiger partial charge in [-0.2, -0.15) is 0 Å². The van der Waals surface area contributed by atoms with Crippen molar-refractivity contribution < 1.29 is 59.2 Å². The van der Waals surface area contributed by atoms with Crippen molar-refractivity contribution in [1.29, 1.82) is 0 Å². The van der Waals surface area contributed by atoms with Gasteiger partial charge in [-0.15, -0.1) is 0 Å². The highest BCUT2D eigenvalue weighted by Crippen LogP contribution is 2.45. The minimum Gasteiger partial charge on any atom is -0.478 e. The molecular formula is C18H24O12. The van der Waals surface area contributed by atoms with Crippen molar-refractivity contribution in [3.05, 3.63) is 23.5 Å². The van der Waals surface area contributed by atoms with Crippen molar-refractivity contribution in [3.63, 3.8) is 0 Å². The fraction of sp³-hybridized carbons (Fsp3) is 0.667. The molecule has 0 aromatic carbocycles. The molecule has 12 heteroatoms. The van der Waals surface area contributed by atoms with E-state index in [0.717, 1.165) is 13.2 Å². The van der Waals surface area contributed by atoms with E-state index in [1.54, 1.807) is 0 Å². The molecule has 0 amide bonds. The number of esters is 1. The van der Waals surface area contributed by atoms with Crippen LogP contribution in [0.1, 0.15) is 6.92 Å². The second-order valence-corrected chi connectivity index (χ2v) is 7.24. The number of hydrogen-bond acceptors (Lipinski definition) is 11. The molecule has 1 aliphatic carbocycles. The third kappa shape index (κ3) is 4.07. The van der Waals surface area contributed by atoms with Gasteiger partial charge in [-0.1, -0.05) is 0 Å². The molecule has 3 rings (SSSR count). The molecule has 0 unspecified atom stereocenters. The van der Waals surface area contributed by atoms with Gasteiger partial charge in [0, 0.05) is 12.8 Å². The summed E-state index contributed by atoms with van der Waals surface area (Å²) in [5, 5.41) is 58.5. The van der Waals surface area contributed by atoms with E-state index in [1.807, 2.05) is 0 Å². The third-order valence-electron chi connectivity index (χ3n) is 5.38. The number of aliphatic hydroxyl groups excluding tert-OH is 5. The summed E-state index contributed by atoms with van der Waals surface area (Å²) in [7, 11) is 0. The highest BCUT2D eigenvalue weighted by Gasteiger charge is 2.53. The second-order valence-electron chi connectivity index (χ2n) is 7.24. The number of hydrogen-bond donors (Lipinski definition) is 6. The monoisotopic (exact) mass is 432 g/mol. The number of rotatable bonds is 6. The van der Waals surface area contributed by atoms with Crippen LogP contribution in [-0.2, 0) is 28.5 Å². The van der Waals surface area contributed by atoms with Crippen LogP contribution in [0.2, 0.25) is 0 Å². The Labute approximate surface area is 170 Å². The van der Waals surface area contributed by atoms with E-state index in [9.17, 15) is 40.2 Å². The Morgan fingerprint density at radius 3 is 2.33 bits per heavy atom. The number of carboxylic acids is 1. The summed E-state index contributed by atoms with van der Waals surface area (Å²) in [5.41, 5.74) is 0.0762. The zero-order valence-corrected chi connectivity index (χ0v) is 15.9. The second kappa shape index (κ2) is 8.98. The van der Waals surface area contributed by atoms with Gasteiger partial charge in [0.2, 0.25) is 6.29 Å². The van der Waals surface area contributed by atoms with Crippen LogP contribution in [0.25, 0.3) is 0 Å². The van der Waals surface area contributed by atoms with Gasteiger partial charge in [0.05, 0.1) is 31.0 Å². The highest BCUT2D eigenvalue weighted by atomic mass is 16.8. The predicted molar refractivity (Wildman–Crippen MR) is 93.1 cm³/mol. The number of aliphatic carboxylic acids is 1. The predicted octanol–water partition coefficient (Wildman–Crippen LogP) is -2.78. The van der Waals surface area contributed by atoms with Crippen molar-refractivity contribution in [2.75, 3.05) is 13.2 Å². The first-order valence-electron chi connectivity index (χ1n) is 9.23. The SMILES string of the molecule is CC(=O)O[C@@H]1C=C(CO)[C@H]2[C@H](O[C@@H]3O[C@H](CO)[C@@H](O)[C@H](O)[C@H]3O)OC=C(C(=O)O)[C@H]21. The minimum absolute atomic E-state index is 0.209. The third-order valence-corrected chi connectivity index (χ3v) is 5.38. The Balaban J connectivity index is 1.88. The van der Waals surface area contributed by atoms with Crippen LogP contribution in [0.3, 0.4) is 0 Å². The normalized spacial score (nSPS) is 40.7. The van der Waals surface area contributed by atoms with E-state index in [1.165, 1.54) is 6.08 Å². The smallest absolute Gasteiger partial charge is 0.335 e. The molecule has 12 nitrogen and oxygen atoms in total. The summed E-state index contributed by atoms with van der Waals surface area (Å²) in [6, 6.07) is 0. The molecule has 1 fully saturated rings. The van der Waals surface area contributed by atoms with Gasteiger partial charge >= 0.3 is 11.9 Å². The maximum absolute atomic E-state index is 11.7. The number of carbonyl (C=O) groups is 2. The lowest BCUT2D eigenvalue weighted by Crippen LogP contribution is -2.60. The van der Waals surface area contributed by atoms with Crippen molar-refractivity contribution >= 4 is 11.9 Å². The Morgan fingerprint density at radius 1 is 1.07 bits per heavy atom. The molecule has 6 N–H and O–H groups in total. The van der Waals surface area contributed by atoms with Crippen molar-refractivity contribution in [2.24, 2.45) is 11.8 Å². The zero-order valence-electron chi connectivity index (χ0n) is 15.9. The fourth-order valence-electron chi connectivity index (χ4n) is 3.96. The van der Waals surface area contributed by atoms with Gasteiger partial charge in [-0.3, -0.25) is 4.79 Å². The lowest BCUT2D eigenvalue weighted by molar-refractivity contribution is -0.340. The molecule has 0 radical (unpaired) electrons. The Bertz CT molecular complexity index is 731. The number of fused-ring (bicyclic) bond motifs is 1. The van der Waals surface area contributed by atoms with Crippen molar-refractivity contribution in [1.82, 2.24) is 0 Å². The van der Waals surface area contributed by atoms with Gasteiger partial charge in [0.15, 0.2) is 6.29 Å². The van der Waals surface area contributed by atoms with Crippen molar-refractivity contribution in [3.8, 4) is 0 Å².